The molecule has 0 saturated carbocycles. The summed E-state index contributed by atoms with van der Waals surface area (Å²) in [5, 5.41) is 2.85. The molecule has 4 heteroatoms. The summed E-state index contributed by atoms with van der Waals surface area (Å²) in [4.78, 5) is 14.6. The Hall–Kier alpha value is -2.49. The summed E-state index contributed by atoms with van der Waals surface area (Å²) in [5.74, 6) is 0.600. The topological polar surface area (TPSA) is 58.4 Å². The minimum atomic E-state index is -0.140. The van der Waals surface area contributed by atoms with Gasteiger partial charge in [0, 0.05) is 24.3 Å². The lowest BCUT2D eigenvalue weighted by Crippen LogP contribution is -2.19. The van der Waals surface area contributed by atoms with Gasteiger partial charge in [0.1, 0.15) is 0 Å². The first kappa shape index (κ1) is 14.4. The zero-order valence-corrected chi connectivity index (χ0v) is 12.8. The molecule has 3 rings (SSSR count). The maximum Gasteiger partial charge on any atom is 0.255 e. The second-order valence-corrected chi connectivity index (χ2v) is 5.93. The number of rotatable bonds is 3. The molecule has 1 atom stereocenters. The smallest absolute Gasteiger partial charge is 0.255 e. The number of nitrogens with zero attached hydrogens (tertiary/aromatic N) is 1. The Bertz CT molecular complexity index is 666. The molecule has 0 aliphatic carbocycles. The average Bonchev–Trinajstić information content (AvgIpc) is 2.96. The van der Waals surface area contributed by atoms with E-state index in [-0.39, 0.29) is 5.91 Å². The lowest BCUT2D eigenvalue weighted by Gasteiger charge is -2.18. The van der Waals surface area contributed by atoms with E-state index >= 15 is 0 Å². The molecule has 1 heterocycles. The van der Waals surface area contributed by atoms with Gasteiger partial charge < -0.3 is 16.0 Å². The average molecular weight is 295 g/mol. The second-order valence-electron chi connectivity index (χ2n) is 5.93. The summed E-state index contributed by atoms with van der Waals surface area (Å²) in [6.45, 7) is 4.45. The van der Waals surface area contributed by atoms with E-state index in [9.17, 15) is 4.79 Å². The predicted octanol–water partition coefficient (Wildman–Crippen LogP) is 3.37. The van der Waals surface area contributed by atoms with Crippen LogP contribution < -0.4 is 16.0 Å². The van der Waals surface area contributed by atoms with Crippen LogP contribution in [0.15, 0.2) is 48.5 Å². The molecular weight excluding hydrogens is 274 g/mol. The van der Waals surface area contributed by atoms with Gasteiger partial charge in [-0.15, -0.1) is 0 Å². The molecule has 1 fully saturated rings. The Kier molecular flexibility index (Phi) is 4.00. The first-order chi connectivity index (χ1) is 10.6. The molecule has 2 aromatic rings. The number of benzene rings is 2. The van der Waals surface area contributed by atoms with Gasteiger partial charge in [0.05, 0.1) is 11.4 Å². The standard InChI is InChI=1S/C18H21N3O/c1-13-10-11-21(12-13)15-8-6-14(7-9-15)18(22)20-17-5-3-2-4-16(17)19/h2-9,13H,10-12,19H2,1H3,(H,20,22)/t13-/m0/s1. The van der Waals surface area contributed by atoms with E-state index in [1.807, 2.05) is 36.4 Å². The lowest BCUT2D eigenvalue weighted by molar-refractivity contribution is 0.102. The van der Waals surface area contributed by atoms with Crippen LogP contribution in [0.4, 0.5) is 17.1 Å². The van der Waals surface area contributed by atoms with Crippen LogP contribution in [0.5, 0.6) is 0 Å². The molecule has 22 heavy (non-hydrogen) atoms. The molecular formula is C18H21N3O. The molecule has 0 radical (unpaired) electrons. The van der Waals surface area contributed by atoms with Crippen LogP contribution in [0.1, 0.15) is 23.7 Å². The van der Waals surface area contributed by atoms with Gasteiger partial charge in [-0.1, -0.05) is 19.1 Å². The summed E-state index contributed by atoms with van der Waals surface area (Å²) in [7, 11) is 0. The fraction of sp³-hybridized carbons (Fsp3) is 0.278. The van der Waals surface area contributed by atoms with Crippen molar-refractivity contribution >= 4 is 23.0 Å². The van der Waals surface area contributed by atoms with Crippen LogP contribution >= 0.6 is 0 Å². The SMILES string of the molecule is C[C@H]1CCN(c2ccc(C(=O)Nc3ccccc3N)cc2)C1. The summed E-state index contributed by atoms with van der Waals surface area (Å²) in [6, 6.07) is 15.0. The fourth-order valence-electron chi connectivity index (χ4n) is 2.80. The van der Waals surface area contributed by atoms with Crippen molar-refractivity contribution in [1.29, 1.82) is 0 Å². The highest BCUT2D eigenvalue weighted by Gasteiger charge is 2.19. The first-order valence-corrected chi connectivity index (χ1v) is 7.64. The van der Waals surface area contributed by atoms with E-state index in [4.69, 9.17) is 5.73 Å². The zero-order chi connectivity index (χ0) is 15.5. The third-order valence-corrected chi connectivity index (χ3v) is 4.13. The van der Waals surface area contributed by atoms with Gasteiger partial charge in [-0.05, 0) is 48.7 Å². The summed E-state index contributed by atoms with van der Waals surface area (Å²) in [6.07, 6.45) is 1.23. The van der Waals surface area contributed by atoms with Gasteiger partial charge in [-0.3, -0.25) is 4.79 Å². The number of carbonyl (C=O) groups excluding carboxylic acids is 1. The molecule has 1 amide bonds. The maximum absolute atomic E-state index is 12.3. The van der Waals surface area contributed by atoms with Crippen LogP contribution in [0, 0.1) is 5.92 Å². The Balaban J connectivity index is 1.70. The molecule has 1 aliphatic heterocycles. The van der Waals surface area contributed by atoms with Crippen molar-refractivity contribution in [2.75, 3.05) is 29.0 Å². The van der Waals surface area contributed by atoms with E-state index < -0.39 is 0 Å². The molecule has 2 aromatic carbocycles. The molecule has 3 N–H and O–H groups in total. The number of amides is 1. The normalized spacial score (nSPS) is 17.5. The van der Waals surface area contributed by atoms with E-state index in [1.165, 1.54) is 12.1 Å². The Morgan fingerprint density at radius 2 is 1.91 bits per heavy atom. The minimum absolute atomic E-state index is 0.140. The second kappa shape index (κ2) is 6.10. The fourth-order valence-corrected chi connectivity index (χ4v) is 2.80. The van der Waals surface area contributed by atoms with E-state index in [1.54, 1.807) is 12.1 Å². The van der Waals surface area contributed by atoms with Crippen molar-refractivity contribution in [3.63, 3.8) is 0 Å². The van der Waals surface area contributed by atoms with Crippen LogP contribution in [0.3, 0.4) is 0 Å². The molecule has 114 valence electrons. The van der Waals surface area contributed by atoms with Gasteiger partial charge in [0.25, 0.3) is 5.91 Å². The van der Waals surface area contributed by atoms with Gasteiger partial charge >= 0.3 is 0 Å². The predicted molar refractivity (Wildman–Crippen MR) is 91.2 cm³/mol. The number of nitrogen functional groups attached to an aromatic ring is 1. The van der Waals surface area contributed by atoms with Crippen LogP contribution in [0.25, 0.3) is 0 Å². The number of carbonyl (C=O) groups is 1. The Morgan fingerprint density at radius 1 is 1.18 bits per heavy atom. The summed E-state index contributed by atoms with van der Waals surface area (Å²) in [5.41, 5.74) is 8.88. The van der Waals surface area contributed by atoms with Crippen LogP contribution in [-0.4, -0.2) is 19.0 Å². The highest BCUT2D eigenvalue weighted by molar-refractivity contribution is 6.05. The third kappa shape index (κ3) is 3.06. The van der Waals surface area contributed by atoms with Gasteiger partial charge in [-0.25, -0.2) is 0 Å². The quantitative estimate of drug-likeness (QED) is 0.854. The van der Waals surface area contributed by atoms with Crippen molar-refractivity contribution in [2.45, 2.75) is 13.3 Å². The molecule has 1 saturated heterocycles. The maximum atomic E-state index is 12.3. The number of anilines is 3. The number of nitrogens with one attached hydrogen (secondary N) is 1. The van der Waals surface area contributed by atoms with Crippen molar-refractivity contribution < 1.29 is 4.79 Å². The van der Waals surface area contributed by atoms with Crippen LogP contribution in [0.2, 0.25) is 0 Å². The number of hydrogen-bond acceptors (Lipinski definition) is 3. The minimum Gasteiger partial charge on any atom is -0.397 e. The largest absolute Gasteiger partial charge is 0.397 e. The first-order valence-electron chi connectivity index (χ1n) is 7.64. The summed E-state index contributed by atoms with van der Waals surface area (Å²) >= 11 is 0. The summed E-state index contributed by atoms with van der Waals surface area (Å²) < 4.78 is 0. The molecule has 4 nitrogen and oxygen atoms in total. The highest BCUT2D eigenvalue weighted by Crippen LogP contribution is 2.24. The lowest BCUT2D eigenvalue weighted by atomic mass is 10.1. The van der Waals surface area contributed by atoms with Gasteiger partial charge in [-0.2, -0.15) is 0 Å². The zero-order valence-electron chi connectivity index (χ0n) is 12.8. The van der Waals surface area contributed by atoms with Crippen molar-refractivity contribution in [3.8, 4) is 0 Å². The van der Waals surface area contributed by atoms with Crippen LogP contribution in [-0.2, 0) is 0 Å². The van der Waals surface area contributed by atoms with E-state index in [0.717, 1.165) is 19.0 Å². The van der Waals surface area contributed by atoms with Crippen molar-refractivity contribution in [1.82, 2.24) is 0 Å². The Morgan fingerprint density at radius 3 is 2.55 bits per heavy atom. The molecule has 0 unspecified atom stereocenters. The van der Waals surface area contributed by atoms with E-state index in [2.05, 4.69) is 17.1 Å². The Labute approximate surface area is 130 Å². The number of hydrogen-bond donors (Lipinski definition) is 2. The monoisotopic (exact) mass is 295 g/mol. The molecule has 0 bridgehead atoms. The molecule has 1 aliphatic rings. The van der Waals surface area contributed by atoms with Crippen molar-refractivity contribution in [3.05, 3.63) is 54.1 Å². The molecule has 0 aromatic heterocycles. The van der Waals surface area contributed by atoms with Crippen molar-refractivity contribution in [2.24, 2.45) is 5.92 Å². The number of para-hydroxylation sites is 2. The van der Waals surface area contributed by atoms with Gasteiger partial charge in [0.15, 0.2) is 0 Å². The third-order valence-electron chi connectivity index (χ3n) is 4.13. The highest BCUT2D eigenvalue weighted by atomic mass is 16.1. The van der Waals surface area contributed by atoms with Gasteiger partial charge in [0.2, 0.25) is 0 Å². The molecule has 0 spiro atoms. The number of nitrogens with two attached hydrogens (primary N) is 1. The van der Waals surface area contributed by atoms with E-state index in [0.29, 0.717) is 16.9 Å².